The van der Waals surface area contributed by atoms with Crippen LogP contribution in [0.25, 0.3) is 0 Å². The number of hydrogen-bond acceptors (Lipinski definition) is 3. The third-order valence-corrected chi connectivity index (χ3v) is 4.14. The maximum Gasteiger partial charge on any atom is 0.119 e. The molecule has 0 heterocycles. The van der Waals surface area contributed by atoms with E-state index in [9.17, 15) is 0 Å². The van der Waals surface area contributed by atoms with Crippen LogP contribution in [0.4, 0.5) is 0 Å². The molecular formula is C16H26N2O. The van der Waals surface area contributed by atoms with Crippen LogP contribution >= 0.6 is 0 Å². The number of methoxy groups -OCH3 is 1. The van der Waals surface area contributed by atoms with Crippen molar-refractivity contribution in [3.8, 4) is 5.75 Å². The molecule has 0 radical (unpaired) electrons. The molecule has 0 aromatic heterocycles. The number of hydrogen-bond donors (Lipinski definition) is 1. The Morgan fingerprint density at radius 2 is 2.11 bits per heavy atom. The van der Waals surface area contributed by atoms with E-state index in [-0.39, 0.29) is 0 Å². The molecule has 106 valence electrons. The lowest BCUT2D eigenvalue weighted by Gasteiger charge is -2.20. The molecule has 1 aliphatic carbocycles. The zero-order valence-electron chi connectivity index (χ0n) is 12.4. The van der Waals surface area contributed by atoms with Gasteiger partial charge >= 0.3 is 0 Å². The summed E-state index contributed by atoms with van der Waals surface area (Å²) < 4.78 is 5.33. The minimum absolute atomic E-state index is 0.501. The molecule has 0 saturated carbocycles. The van der Waals surface area contributed by atoms with Crippen LogP contribution in [0.15, 0.2) is 18.2 Å². The van der Waals surface area contributed by atoms with Crippen molar-refractivity contribution in [1.82, 2.24) is 10.2 Å². The fourth-order valence-electron chi connectivity index (χ4n) is 2.86. The van der Waals surface area contributed by atoms with Crippen molar-refractivity contribution in [1.29, 1.82) is 0 Å². The van der Waals surface area contributed by atoms with Crippen molar-refractivity contribution in [2.45, 2.75) is 32.7 Å². The molecular weight excluding hydrogens is 236 g/mol. The molecule has 19 heavy (non-hydrogen) atoms. The normalized spacial score (nSPS) is 17.8. The molecule has 0 aliphatic heterocycles. The minimum atomic E-state index is 0.501. The van der Waals surface area contributed by atoms with E-state index in [1.54, 1.807) is 7.11 Å². The lowest BCUT2D eigenvalue weighted by molar-refractivity contribution is 0.296. The Kier molecular flexibility index (Phi) is 5.23. The number of nitrogens with zero attached hydrogens (tertiary/aromatic N) is 1. The highest BCUT2D eigenvalue weighted by Gasteiger charge is 2.22. The molecule has 0 bridgehead atoms. The number of benzene rings is 1. The Morgan fingerprint density at radius 1 is 1.32 bits per heavy atom. The summed E-state index contributed by atoms with van der Waals surface area (Å²) in [5.74, 6) is 0.969. The smallest absolute Gasteiger partial charge is 0.119 e. The van der Waals surface area contributed by atoms with E-state index < -0.39 is 0 Å². The second kappa shape index (κ2) is 6.92. The summed E-state index contributed by atoms with van der Waals surface area (Å²) in [6.45, 7) is 8.89. The van der Waals surface area contributed by atoms with Gasteiger partial charge in [-0.2, -0.15) is 0 Å². The molecule has 1 aromatic rings. The molecule has 3 nitrogen and oxygen atoms in total. The quantitative estimate of drug-likeness (QED) is 0.817. The highest BCUT2D eigenvalue weighted by Crippen LogP contribution is 2.33. The summed E-state index contributed by atoms with van der Waals surface area (Å²) in [5, 5.41) is 3.69. The van der Waals surface area contributed by atoms with E-state index in [2.05, 4.69) is 42.3 Å². The lowest BCUT2D eigenvalue weighted by atomic mass is 10.1. The first-order chi connectivity index (χ1) is 9.28. The number of rotatable bonds is 7. The maximum absolute atomic E-state index is 5.33. The predicted molar refractivity (Wildman–Crippen MR) is 79.8 cm³/mol. The molecule has 1 unspecified atom stereocenters. The maximum atomic E-state index is 5.33. The Labute approximate surface area is 116 Å². The second-order valence-corrected chi connectivity index (χ2v) is 5.14. The first-order valence-corrected chi connectivity index (χ1v) is 7.41. The van der Waals surface area contributed by atoms with Gasteiger partial charge < -0.3 is 15.0 Å². The highest BCUT2D eigenvalue weighted by atomic mass is 16.5. The van der Waals surface area contributed by atoms with Crippen molar-refractivity contribution in [2.24, 2.45) is 0 Å². The first kappa shape index (κ1) is 14.4. The van der Waals surface area contributed by atoms with Crippen molar-refractivity contribution < 1.29 is 4.74 Å². The monoisotopic (exact) mass is 262 g/mol. The predicted octanol–water partition coefficient (Wildman–Crippen LogP) is 2.61. The van der Waals surface area contributed by atoms with Crippen LogP contribution in [0.3, 0.4) is 0 Å². The SMILES string of the molecule is CCN(CC)CCNC1CCc2ccc(OC)cc21. The molecule has 1 aliphatic rings. The molecule has 0 amide bonds. The van der Waals surface area contributed by atoms with E-state index in [4.69, 9.17) is 4.74 Å². The number of likely N-dealkylation sites (N-methyl/N-ethyl adjacent to an activating group) is 1. The summed E-state index contributed by atoms with van der Waals surface area (Å²) in [5.41, 5.74) is 2.90. The Morgan fingerprint density at radius 3 is 2.79 bits per heavy atom. The summed E-state index contributed by atoms with van der Waals surface area (Å²) in [6.07, 6.45) is 2.39. The van der Waals surface area contributed by atoms with Crippen LogP contribution in [0.2, 0.25) is 0 Å². The van der Waals surface area contributed by atoms with Crippen LogP contribution in [-0.4, -0.2) is 38.2 Å². The van der Waals surface area contributed by atoms with Gasteiger partial charge in [-0.1, -0.05) is 19.9 Å². The highest BCUT2D eigenvalue weighted by molar-refractivity contribution is 5.40. The average Bonchev–Trinajstić information content (AvgIpc) is 2.86. The Balaban J connectivity index is 1.91. The van der Waals surface area contributed by atoms with Gasteiger partial charge in [0.1, 0.15) is 5.75 Å². The van der Waals surface area contributed by atoms with Crippen molar-refractivity contribution in [3.63, 3.8) is 0 Å². The third kappa shape index (κ3) is 3.48. The number of ether oxygens (including phenoxy) is 1. The van der Waals surface area contributed by atoms with Gasteiger partial charge in [-0.25, -0.2) is 0 Å². The standard InChI is InChI=1S/C16H26N2O/c1-4-18(5-2)11-10-17-16-9-7-13-6-8-14(19-3)12-15(13)16/h6,8,12,16-17H,4-5,7,9-11H2,1-3H3. The topological polar surface area (TPSA) is 24.5 Å². The molecule has 1 aromatic carbocycles. The van der Waals surface area contributed by atoms with Gasteiger partial charge in [-0.05, 0) is 49.2 Å². The summed E-state index contributed by atoms with van der Waals surface area (Å²) in [7, 11) is 1.74. The zero-order valence-corrected chi connectivity index (χ0v) is 12.4. The van der Waals surface area contributed by atoms with Crippen molar-refractivity contribution >= 4 is 0 Å². The second-order valence-electron chi connectivity index (χ2n) is 5.14. The molecule has 0 saturated heterocycles. The summed E-state index contributed by atoms with van der Waals surface area (Å²) in [6, 6.07) is 6.97. The van der Waals surface area contributed by atoms with Gasteiger partial charge in [0, 0.05) is 19.1 Å². The van der Waals surface area contributed by atoms with Gasteiger partial charge in [0.25, 0.3) is 0 Å². The minimum Gasteiger partial charge on any atom is -0.497 e. The van der Waals surface area contributed by atoms with Gasteiger partial charge in [0.05, 0.1) is 7.11 Å². The molecule has 0 spiro atoms. The van der Waals surface area contributed by atoms with E-state index in [1.807, 2.05) is 0 Å². The lowest BCUT2D eigenvalue weighted by Crippen LogP contribution is -2.33. The average molecular weight is 262 g/mol. The van der Waals surface area contributed by atoms with E-state index in [1.165, 1.54) is 24.0 Å². The van der Waals surface area contributed by atoms with Crippen LogP contribution in [0.1, 0.15) is 37.4 Å². The third-order valence-electron chi connectivity index (χ3n) is 4.14. The van der Waals surface area contributed by atoms with Gasteiger partial charge in [-0.15, -0.1) is 0 Å². The summed E-state index contributed by atoms with van der Waals surface area (Å²) >= 11 is 0. The van der Waals surface area contributed by atoms with Crippen molar-refractivity contribution in [2.75, 3.05) is 33.3 Å². The van der Waals surface area contributed by atoms with Crippen LogP contribution in [-0.2, 0) is 6.42 Å². The fourth-order valence-corrected chi connectivity index (χ4v) is 2.86. The van der Waals surface area contributed by atoms with Crippen LogP contribution in [0, 0.1) is 0 Å². The summed E-state index contributed by atoms with van der Waals surface area (Å²) in [4.78, 5) is 2.45. The number of fused-ring (bicyclic) bond motifs is 1. The molecule has 1 N–H and O–H groups in total. The van der Waals surface area contributed by atoms with E-state index in [0.717, 1.165) is 31.9 Å². The molecule has 2 rings (SSSR count). The molecule has 3 heteroatoms. The zero-order chi connectivity index (χ0) is 13.7. The molecule has 0 fully saturated rings. The molecule has 1 atom stereocenters. The number of nitrogens with one attached hydrogen (secondary N) is 1. The van der Waals surface area contributed by atoms with Gasteiger partial charge in [0.15, 0.2) is 0 Å². The van der Waals surface area contributed by atoms with E-state index in [0.29, 0.717) is 6.04 Å². The van der Waals surface area contributed by atoms with Gasteiger partial charge in [0.2, 0.25) is 0 Å². The van der Waals surface area contributed by atoms with Crippen LogP contribution in [0.5, 0.6) is 5.75 Å². The largest absolute Gasteiger partial charge is 0.497 e. The number of aryl methyl sites for hydroxylation is 1. The van der Waals surface area contributed by atoms with Crippen molar-refractivity contribution in [3.05, 3.63) is 29.3 Å². The Bertz CT molecular complexity index is 402. The van der Waals surface area contributed by atoms with Crippen LogP contribution < -0.4 is 10.1 Å². The Hall–Kier alpha value is -1.06. The first-order valence-electron chi connectivity index (χ1n) is 7.41. The van der Waals surface area contributed by atoms with Gasteiger partial charge in [-0.3, -0.25) is 0 Å². The fraction of sp³-hybridized carbons (Fsp3) is 0.625. The van der Waals surface area contributed by atoms with E-state index >= 15 is 0 Å².